The molecule has 56 heavy (non-hydrogen) atoms. The van der Waals surface area contributed by atoms with E-state index in [1.165, 1.54) is 22.8 Å². The first kappa shape index (κ1) is 18.9. The van der Waals surface area contributed by atoms with Crippen molar-refractivity contribution in [2.45, 2.75) is 20.6 Å². The molecule has 0 amide bonds. The average molecular weight is 742 g/mol. The van der Waals surface area contributed by atoms with Crippen LogP contribution in [0.3, 0.4) is 0 Å². The van der Waals surface area contributed by atoms with E-state index >= 15 is 0 Å². The number of rotatable bonds is 7. The summed E-state index contributed by atoms with van der Waals surface area (Å²) in [5.74, 6) is 0.242. The van der Waals surface area contributed by atoms with Crippen molar-refractivity contribution >= 4 is 32.8 Å². The van der Waals surface area contributed by atoms with Crippen molar-refractivity contribution < 1.29 is 35.3 Å². The van der Waals surface area contributed by atoms with Crippen LogP contribution in [0.4, 0.5) is 0 Å². The second-order valence-electron chi connectivity index (χ2n) is 12.8. The van der Waals surface area contributed by atoms with E-state index in [1.54, 1.807) is 100 Å². The van der Waals surface area contributed by atoms with E-state index in [2.05, 4.69) is 11.3 Å². The lowest BCUT2D eigenvalue weighted by Crippen LogP contribution is -2.31. The highest BCUT2D eigenvalue weighted by Crippen LogP contribution is 2.37. The summed E-state index contributed by atoms with van der Waals surface area (Å²) in [5, 5.41) is 1.27. The molecule has 3 aromatic heterocycles. The minimum Gasteiger partial charge on any atom is -0.458 e. The molecule has 0 bridgehead atoms. The molecule has 7 aromatic carbocycles. The molecule has 0 radical (unpaired) electrons. The maximum atomic E-state index is 8.99. The fourth-order valence-corrected chi connectivity index (χ4v) is 7.11. The van der Waals surface area contributed by atoms with Crippen LogP contribution in [0.2, 0.25) is 0 Å². The standard InChI is InChI=1S/C51H38N4O/c1-34-30-35(2)51(52-36(34)3)55-46-25-11-10-22-44(46)45-29-28-41(32-49(45)55)56-40-21-14-20-39(31-40)53-33-54(48-27-13-12-26-47(48)53)50-42(37-16-6-4-7-17-37)23-15-24-43(50)38-18-8-5-9-19-38/h4-32H,1-3H3/i1D3,2D3,3D3,4D,5D,6D,7D,8D,9D,16D,17D,18D,19D. The van der Waals surface area contributed by atoms with Gasteiger partial charge in [-0.1, -0.05) is 133 Å². The van der Waals surface area contributed by atoms with Crippen LogP contribution < -0.4 is 9.30 Å². The molecule has 0 aliphatic carbocycles. The number of nitrogens with zero attached hydrogens (tertiary/aromatic N) is 4. The van der Waals surface area contributed by atoms with Crippen LogP contribution >= 0.6 is 0 Å². The first-order valence-electron chi connectivity index (χ1n) is 26.9. The predicted molar refractivity (Wildman–Crippen MR) is 227 cm³/mol. The molecule has 0 unspecified atom stereocenters. The number of para-hydroxylation sites is 4. The second kappa shape index (κ2) is 13.6. The van der Waals surface area contributed by atoms with E-state index in [1.807, 2.05) is 0 Å². The van der Waals surface area contributed by atoms with Crippen LogP contribution in [-0.4, -0.2) is 14.1 Å². The minimum absolute atomic E-state index is 0.0781. The molecule has 268 valence electrons. The zero-order valence-electron chi connectivity index (χ0n) is 48.2. The molecule has 5 heteroatoms. The quantitative estimate of drug-likeness (QED) is 0.120. The second-order valence-corrected chi connectivity index (χ2v) is 12.8. The third-order valence-corrected chi connectivity index (χ3v) is 9.53. The third-order valence-electron chi connectivity index (χ3n) is 9.53. The maximum Gasteiger partial charge on any atom is 0.269 e. The van der Waals surface area contributed by atoms with Crippen molar-refractivity contribution in [2.24, 2.45) is 0 Å². The van der Waals surface area contributed by atoms with Gasteiger partial charge in [0.15, 0.2) is 0 Å². The number of fused-ring (bicyclic) bond motifs is 4. The van der Waals surface area contributed by atoms with Gasteiger partial charge in [0.1, 0.15) is 17.3 Å². The molecule has 0 aliphatic heterocycles. The molecule has 0 atom stereocenters. The summed E-state index contributed by atoms with van der Waals surface area (Å²) in [6.07, 6.45) is 3.34. The lowest BCUT2D eigenvalue weighted by atomic mass is 9.95. The smallest absolute Gasteiger partial charge is 0.269 e. The molecule has 0 fully saturated rings. The van der Waals surface area contributed by atoms with E-state index in [9.17, 15) is 0 Å². The van der Waals surface area contributed by atoms with Gasteiger partial charge >= 0.3 is 0 Å². The number of benzene rings is 7. The van der Waals surface area contributed by atoms with Crippen LogP contribution in [-0.2, 0) is 0 Å². The number of hydrogen-bond donors (Lipinski definition) is 0. The van der Waals surface area contributed by atoms with E-state index in [-0.39, 0.29) is 39.5 Å². The summed E-state index contributed by atoms with van der Waals surface area (Å²) in [4.78, 5) is 4.36. The lowest BCUT2D eigenvalue weighted by molar-refractivity contribution is -0.571. The van der Waals surface area contributed by atoms with Gasteiger partial charge in [0.05, 0.1) is 47.1 Å². The first-order chi connectivity index (χ1) is 35.3. The van der Waals surface area contributed by atoms with Gasteiger partial charge < -0.3 is 4.74 Å². The molecule has 10 rings (SSSR count). The normalized spacial score (nSPS) is 17.0. The fraction of sp³-hybridized carbons (Fsp3) is 0.0588. The van der Waals surface area contributed by atoms with Gasteiger partial charge in [-0.2, -0.15) is 0 Å². The number of imidazole rings is 1. The van der Waals surface area contributed by atoms with Gasteiger partial charge in [-0.3, -0.25) is 13.7 Å². The van der Waals surface area contributed by atoms with Crippen LogP contribution in [0.25, 0.3) is 72.3 Å². The summed E-state index contributed by atoms with van der Waals surface area (Å²) >= 11 is 0. The molecule has 0 spiro atoms. The Labute approximate surface area is 352 Å². The summed E-state index contributed by atoms with van der Waals surface area (Å²) in [5.41, 5.74) is 0.166. The summed E-state index contributed by atoms with van der Waals surface area (Å²) in [6.45, 7) is -8.98. The van der Waals surface area contributed by atoms with Gasteiger partial charge in [-0.15, -0.1) is 0 Å². The Hall–Kier alpha value is -7.24. The molecule has 0 aliphatic rings. The zero-order chi connectivity index (χ0) is 54.0. The van der Waals surface area contributed by atoms with E-state index in [4.69, 9.17) is 30.8 Å². The highest BCUT2D eigenvalue weighted by atomic mass is 16.5. The Balaban J connectivity index is 1.16. The molecular formula is C51H38N4O. The molecule has 0 saturated carbocycles. The Kier molecular flexibility index (Phi) is 4.57. The number of aryl methyl sites for hydroxylation is 3. The Morgan fingerprint density at radius 3 is 2.04 bits per heavy atom. The summed E-state index contributed by atoms with van der Waals surface area (Å²) < 4.78 is 172. The van der Waals surface area contributed by atoms with Crippen molar-refractivity contribution in [2.75, 3.05) is 0 Å². The highest BCUT2D eigenvalue weighted by Gasteiger charge is 2.20. The minimum atomic E-state index is -3.04. The van der Waals surface area contributed by atoms with E-state index in [0.717, 1.165) is 6.07 Å². The summed E-state index contributed by atoms with van der Waals surface area (Å²) in [6, 6.07) is 25.6. The van der Waals surface area contributed by atoms with Gasteiger partial charge in [0.2, 0.25) is 0 Å². The number of pyridine rings is 1. The molecule has 0 saturated heterocycles. The molecule has 0 N–H and O–H groups in total. The Morgan fingerprint density at radius 2 is 1.29 bits per heavy atom. The van der Waals surface area contributed by atoms with E-state index < -0.39 is 97.8 Å². The topological polar surface area (TPSA) is 35.9 Å². The Morgan fingerprint density at radius 1 is 0.607 bits per heavy atom. The predicted octanol–water partition coefficient (Wildman–Crippen LogP) is 12.3. The Bertz CT molecular complexity index is 3880. The van der Waals surface area contributed by atoms with Crippen molar-refractivity contribution in [3.8, 4) is 50.9 Å². The van der Waals surface area contributed by atoms with Crippen LogP contribution in [0.1, 0.15) is 42.9 Å². The van der Waals surface area contributed by atoms with Gasteiger partial charge in [-0.25, -0.2) is 4.98 Å². The third kappa shape index (κ3) is 5.64. The van der Waals surface area contributed by atoms with Crippen molar-refractivity contribution in [1.82, 2.24) is 14.1 Å². The van der Waals surface area contributed by atoms with Gasteiger partial charge in [0.25, 0.3) is 6.33 Å². The van der Waals surface area contributed by atoms with Gasteiger partial charge in [-0.05, 0) is 90.3 Å². The molecule has 10 aromatic rings. The lowest BCUT2D eigenvalue weighted by Gasteiger charge is -2.17. The SMILES string of the molecule is [2H]c1c([2H])c([2H])c(-c2cccc(-c3c([2H])c([2H])c([2H])c([2H])c3[2H])c2-[n+]2[c-]n(-c3cccc(Oc4ccc5c6ccccc6n(-c6nc(C([2H])([2H])[2H])c(C([2H])([2H])[2H])cc6C([2H])([2H])[2H])c5c4)c3)c3ccccc32)c([2H])c1[2H]. The van der Waals surface area contributed by atoms with Crippen LogP contribution in [0, 0.1) is 26.9 Å². The van der Waals surface area contributed by atoms with Crippen molar-refractivity contribution in [1.29, 1.82) is 0 Å². The van der Waals surface area contributed by atoms with Gasteiger partial charge in [0, 0.05) is 34.9 Å². The van der Waals surface area contributed by atoms with Crippen LogP contribution in [0.15, 0.2) is 176 Å². The number of aromatic nitrogens is 4. The summed E-state index contributed by atoms with van der Waals surface area (Å²) in [7, 11) is 0. The van der Waals surface area contributed by atoms with Crippen molar-refractivity contribution in [3.05, 3.63) is 199 Å². The number of ether oxygens (including phenoxy) is 1. The largest absolute Gasteiger partial charge is 0.458 e. The fourth-order valence-electron chi connectivity index (χ4n) is 7.11. The molecule has 3 heterocycles. The zero-order valence-corrected chi connectivity index (χ0v) is 29.2. The van der Waals surface area contributed by atoms with Crippen molar-refractivity contribution in [3.63, 3.8) is 0 Å². The highest BCUT2D eigenvalue weighted by molar-refractivity contribution is 6.09. The van der Waals surface area contributed by atoms with Crippen LogP contribution in [0.5, 0.6) is 11.5 Å². The molecule has 5 nitrogen and oxygen atoms in total. The van der Waals surface area contributed by atoms with E-state index in [0.29, 0.717) is 44.3 Å². The average Bonchev–Trinajstić information content (AvgIpc) is 3.91. The maximum absolute atomic E-state index is 8.99. The number of hydrogen-bond acceptors (Lipinski definition) is 2. The first-order valence-corrected chi connectivity index (χ1v) is 17.4. The monoisotopic (exact) mass is 741 g/mol. The molecular weight excluding hydrogens is 685 g/mol.